The number of rotatable bonds is 3. The van der Waals surface area contributed by atoms with Crippen LogP contribution < -0.4 is 5.32 Å². The van der Waals surface area contributed by atoms with Crippen molar-refractivity contribution in [2.24, 2.45) is 0 Å². The molecule has 1 rings (SSSR count). The van der Waals surface area contributed by atoms with Gasteiger partial charge in [0.1, 0.15) is 0 Å². The molecule has 0 amide bonds. The molecule has 0 aromatic carbocycles. The first-order valence-electron chi connectivity index (χ1n) is 3.75. The Hall–Kier alpha value is -0.0800. The molecule has 1 aliphatic heterocycles. The van der Waals surface area contributed by atoms with Crippen LogP contribution in [0.4, 0.5) is 0 Å². The molecule has 9 heavy (non-hydrogen) atoms. The summed E-state index contributed by atoms with van der Waals surface area (Å²) >= 11 is 0. The molecule has 2 heteroatoms. The number of hydrogen-bond donors (Lipinski definition) is 1. The van der Waals surface area contributed by atoms with E-state index in [1.165, 1.54) is 19.5 Å². The predicted molar refractivity (Wildman–Crippen MR) is 39.6 cm³/mol. The lowest BCUT2D eigenvalue weighted by atomic mass is 10.1. The zero-order valence-corrected chi connectivity index (χ0v) is 6.35. The van der Waals surface area contributed by atoms with Crippen LogP contribution in [0.25, 0.3) is 0 Å². The number of likely N-dealkylation sites (tertiary alicyclic amines) is 1. The fourth-order valence-corrected chi connectivity index (χ4v) is 1.14. The van der Waals surface area contributed by atoms with Gasteiger partial charge in [0.2, 0.25) is 0 Å². The topological polar surface area (TPSA) is 15.3 Å². The fourth-order valence-electron chi connectivity index (χ4n) is 1.14. The molecule has 0 aromatic rings. The van der Waals surface area contributed by atoms with Gasteiger partial charge in [-0.1, -0.05) is 6.92 Å². The summed E-state index contributed by atoms with van der Waals surface area (Å²) in [5, 5.41) is 3.34. The Balaban J connectivity index is 1.99. The first-order chi connectivity index (χ1) is 4.34. The lowest BCUT2D eigenvalue weighted by molar-refractivity contribution is 0.125. The molecule has 1 unspecified atom stereocenters. The molecular formula is C7H16N2. The van der Waals surface area contributed by atoms with Gasteiger partial charge in [-0.25, -0.2) is 0 Å². The molecule has 1 atom stereocenters. The smallest absolute Gasteiger partial charge is 0.0229 e. The van der Waals surface area contributed by atoms with E-state index in [0.717, 1.165) is 12.6 Å². The Bertz CT molecular complexity index is 83.0. The van der Waals surface area contributed by atoms with Crippen LogP contribution in [-0.2, 0) is 0 Å². The van der Waals surface area contributed by atoms with E-state index in [9.17, 15) is 0 Å². The second-order valence-corrected chi connectivity index (χ2v) is 2.73. The van der Waals surface area contributed by atoms with Crippen LogP contribution in [0.3, 0.4) is 0 Å². The second-order valence-electron chi connectivity index (χ2n) is 2.73. The zero-order valence-electron chi connectivity index (χ0n) is 6.35. The predicted octanol–water partition coefficient (Wildman–Crippen LogP) is 0.300. The Kier molecular flexibility index (Phi) is 2.49. The van der Waals surface area contributed by atoms with Crippen LogP contribution in [0.5, 0.6) is 0 Å². The first kappa shape index (κ1) is 7.03. The van der Waals surface area contributed by atoms with E-state index in [4.69, 9.17) is 0 Å². The summed E-state index contributed by atoms with van der Waals surface area (Å²) in [4.78, 5) is 2.39. The number of likely N-dealkylation sites (N-methyl/N-ethyl adjacent to an activating group) is 2. The van der Waals surface area contributed by atoms with Gasteiger partial charge in [0.25, 0.3) is 0 Å². The highest BCUT2D eigenvalue weighted by atomic mass is 15.2. The minimum atomic E-state index is 0.824. The molecule has 2 nitrogen and oxygen atoms in total. The third kappa shape index (κ3) is 1.66. The first-order valence-corrected chi connectivity index (χ1v) is 3.75. The lowest BCUT2D eigenvalue weighted by Gasteiger charge is -2.37. The largest absolute Gasteiger partial charge is 0.315 e. The highest BCUT2D eigenvalue weighted by Gasteiger charge is 2.22. The summed E-state index contributed by atoms with van der Waals surface area (Å²) in [6, 6.07) is 0.824. The lowest BCUT2D eigenvalue weighted by Crippen LogP contribution is -2.50. The van der Waals surface area contributed by atoms with Crippen LogP contribution in [0.15, 0.2) is 0 Å². The van der Waals surface area contributed by atoms with E-state index in [1.54, 1.807) is 0 Å². The van der Waals surface area contributed by atoms with Crippen molar-refractivity contribution >= 4 is 0 Å². The highest BCUT2D eigenvalue weighted by molar-refractivity contribution is 4.80. The molecule has 0 saturated carbocycles. The number of nitrogens with zero attached hydrogens (tertiary/aromatic N) is 1. The van der Waals surface area contributed by atoms with Crippen molar-refractivity contribution in [3.8, 4) is 0 Å². The van der Waals surface area contributed by atoms with Crippen LogP contribution in [-0.4, -0.2) is 37.6 Å². The monoisotopic (exact) mass is 128 g/mol. The van der Waals surface area contributed by atoms with Gasteiger partial charge in [0, 0.05) is 12.6 Å². The van der Waals surface area contributed by atoms with E-state index >= 15 is 0 Å². The summed E-state index contributed by atoms with van der Waals surface area (Å²) in [6.07, 6.45) is 1.38. The zero-order chi connectivity index (χ0) is 6.69. The van der Waals surface area contributed by atoms with E-state index in [0.29, 0.717) is 0 Å². The van der Waals surface area contributed by atoms with Gasteiger partial charge in [-0.3, -0.25) is 0 Å². The highest BCUT2D eigenvalue weighted by Crippen LogP contribution is 2.12. The van der Waals surface area contributed by atoms with Crippen molar-refractivity contribution in [2.45, 2.75) is 19.4 Å². The van der Waals surface area contributed by atoms with E-state index in [1.807, 2.05) is 0 Å². The molecule has 1 aliphatic rings. The molecule has 0 aliphatic carbocycles. The van der Waals surface area contributed by atoms with Crippen LogP contribution >= 0.6 is 0 Å². The van der Waals surface area contributed by atoms with E-state index in [2.05, 4.69) is 24.2 Å². The molecule has 1 saturated heterocycles. The maximum absolute atomic E-state index is 3.34. The van der Waals surface area contributed by atoms with Crippen molar-refractivity contribution in [2.75, 3.05) is 26.7 Å². The molecule has 1 N–H and O–H groups in total. The summed E-state index contributed by atoms with van der Waals surface area (Å²) < 4.78 is 0. The van der Waals surface area contributed by atoms with Crippen molar-refractivity contribution in [1.82, 2.24) is 10.2 Å². The maximum Gasteiger partial charge on any atom is 0.0229 e. The minimum absolute atomic E-state index is 0.824. The number of hydrogen-bond acceptors (Lipinski definition) is 2. The van der Waals surface area contributed by atoms with Gasteiger partial charge in [0.15, 0.2) is 0 Å². The summed E-state index contributed by atoms with van der Waals surface area (Å²) in [6.45, 7) is 5.71. The summed E-state index contributed by atoms with van der Waals surface area (Å²) in [7, 11) is 2.19. The normalized spacial score (nSPS) is 28.0. The quantitative estimate of drug-likeness (QED) is 0.588. The standard InChI is InChI=1S/C7H16N2/c1-3-8-6-7-4-5-9(7)2/h7-8H,3-6H2,1-2H3. The van der Waals surface area contributed by atoms with Gasteiger partial charge in [-0.15, -0.1) is 0 Å². The van der Waals surface area contributed by atoms with Gasteiger partial charge in [-0.05, 0) is 26.6 Å². The van der Waals surface area contributed by atoms with Crippen molar-refractivity contribution in [3.63, 3.8) is 0 Å². The third-order valence-corrected chi connectivity index (χ3v) is 2.07. The molecular weight excluding hydrogens is 112 g/mol. The van der Waals surface area contributed by atoms with Crippen LogP contribution in [0.2, 0.25) is 0 Å². The molecule has 0 radical (unpaired) electrons. The second kappa shape index (κ2) is 3.18. The molecule has 1 fully saturated rings. The minimum Gasteiger partial charge on any atom is -0.315 e. The SMILES string of the molecule is CCNCC1CCN1C. The summed E-state index contributed by atoms with van der Waals surface area (Å²) in [5.74, 6) is 0. The molecule has 1 heterocycles. The number of nitrogens with one attached hydrogen (secondary N) is 1. The van der Waals surface area contributed by atoms with Gasteiger partial charge < -0.3 is 10.2 Å². The Morgan fingerprint density at radius 3 is 2.78 bits per heavy atom. The fraction of sp³-hybridized carbons (Fsp3) is 1.00. The van der Waals surface area contributed by atoms with Crippen LogP contribution in [0.1, 0.15) is 13.3 Å². The molecule has 0 aromatic heterocycles. The van der Waals surface area contributed by atoms with E-state index in [-0.39, 0.29) is 0 Å². The average molecular weight is 128 g/mol. The maximum atomic E-state index is 3.34. The van der Waals surface area contributed by atoms with Crippen LogP contribution in [0, 0.1) is 0 Å². The Morgan fingerprint density at radius 1 is 1.67 bits per heavy atom. The van der Waals surface area contributed by atoms with Crippen molar-refractivity contribution < 1.29 is 0 Å². The van der Waals surface area contributed by atoms with Crippen molar-refractivity contribution in [1.29, 1.82) is 0 Å². The van der Waals surface area contributed by atoms with Gasteiger partial charge >= 0.3 is 0 Å². The Morgan fingerprint density at radius 2 is 2.44 bits per heavy atom. The van der Waals surface area contributed by atoms with Crippen molar-refractivity contribution in [3.05, 3.63) is 0 Å². The molecule has 0 bridgehead atoms. The molecule has 54 valence electrons. The summed E-state index contributed by atoms with van der Waals surface area (Å²) in [5.41, 5.74) is 0. The molecule has 0 spiro atoms. The Labute approximate surface area is 57.2 Å². The van der Waals surface area contributed by atoms with Gasteiger partial charge in [-0.2, -0.15) is 0 Å². The van der Waals surface area contributed by atoms with Gasteiger partial charge in [0.05, 0.1) is 0 Å². The van der Waals surface area contributed by atoms with E-state index < -0.39 is 0 Å². The average Bonchev–Trinajstić information content (AvgIpc) is 1.86. The third-order valence-electron chi connectivity index (χ3n) is 2.07.